The van der Waals surface area contributed by atoms with Crippen LogP contribution in [0.4, 0.5) is 0 Å². The Labute approximate surface area is 162 Å². The highest BCUT2D eigenvalue weighted by Gasteiger charge is 2.40. The Morgan fingerprint density at radius 1 is 1.18 bits per heavy atom. The van der Waals surface area contributed by atoms with Crippen LogP contribution < -0.4 is 0 Å². The van der Waals surface area contributed by atoms with Crippen LogP contribution in [0.15, 0.2) is 18.2 Å². The summed E-state index contributed by atoms with van der Waals surface area (Å²) in [4.78, 5) is 52.2. The van der Waals surface area contributed by atoms with Crippen molar-refractivity contribution < 1.29 is 29.0 Å². The number of amides is 3. The average Bonchev–Trinajstić information content (AvgIpc) is 3.37. The Bertz CT molecular complexity index is 860. The van der Waals surface area contributed by atoms with Crippen molar-refractivity contribution in [2.45, 2.75) is 38.3 Å². The SMILES string of the molecule is CC1C(C(=O)O)CCN1C(=O)c1ccc2c(c1)C(=O)N(CC1CCCO1)C2=O. The van der Waals surface area contributed by atoms with Crippen LogP contribution in [0.1, 0.15) is 57.3 Å². The standard InChI is InChI=1S/C20H22N2O6/c1-11-14(20(26)27)6-7-21(11)17(23)12-4-5-15-16(9-12)19(25)22(18(15)24)10-13-3-2-8-28-13/h4-5,9,11,13-14H,2-3,6-8,10H2,1H3,(H,26,27). The second-order valence-electron chi connectivity index (χ2n) is 7.59. The number of imide groups is 1. The number of rotatable bonds is 4. The summed E-state index contributed by atoms with van der Waals surface area (Å²) in [6.07, 6.45) is 1.99. The minimum absolute atomic E-state index is 0.137. The first-order valence-corrected chi connectivity index (χ1v) is 9.54. The summed E-state index contributed by atoms with van der Waals surface area (Å²) in [5, 5.41) is 9.25. The first kappa shape index (κ1) is 18.6. The minimum Gasteiger partial charge on any atom is -0.481 e. The third-order valence-corrected chi connectivity index (χ3v) is 5.96. The summed E-state index contributed by atoms with van der Waals surface area (Å²) < 4.78 is 5.53. The van der Waals surface area contributed by atoms with Crippen molar-refractivity contribution in [1.29, 1.82) is 0 Å². The average molecular weight is 386 g/mol. The molecular weight excluding hydrogens is 364 g/mol. The van der Waals surface area contributed by atoms with Gasteiger partial charge in [0.1, 0.15) is 0 Å². The fraction of sp³-hybridized carbons (Fsp3) is 0.500. The normalized spacial score (nSPS) is 26.8. The molecule has 0 aliphatic carbocycles. The van der Waals surface area contributed by atoms with Gasteiger partial charge >= 0.3 is 5.97 Å². The molecule has 3 heterocycles. The van der Waals surface area contributed by atoms with Crippen molar-refractivity contribution >= 4 is 23.7 Å². The van der Waals surface area contributed by atoms with E-state index < -0.39 is 23.8 Å². The van der Waals surface area contributed by atoms with E-state index in [1.807, 2.05) is 0 Å². The van der Waals surface area contributed by atoms with Gasteiger partial charge in [0.25, 0.3) is 17.7 Å². The van der Waals surface area contributed by atoms with Gasteiger partial charge in [0.15, 0.2) is 0 Å². The van der Waals surface area contributed by atoms with Crippen LogP contribution in [0.3, 0.4) is 0 Å². The molecule has 3 atom stereocenters. The predicted molar refractivity (Wildman–Crippen MR) is 97.0 cm³/mol. The number of hydrogen-bond acceptors (Lipinski definition) is 5. The number of carbonyl (C=O) groups is 4. The molecule has 1 aromatic rings. The topological polar surface area (TPSA) is 104 Å². The summed E-state index contributed by atoms with van der Waals surface area (Å²) in [7, 11) is 0. The second-order valence-corrected chi connectivity index (χ2v) is 7.59. The third kappa shape index (κ3) is 2.97. The number of carboxylic acid groups (broad SMARTS) is 1. The summed E-state index contributed by atoms with van der Waals surface area (Å²) in [5.74, 6) is -2.61. The van der Waals surface area contributed by atoms with Crippen LogP contribution in [0, 0.1) is 5.92 Å². The van der Waals surface area contributed by atoms with Crippen LogP contribution >= 0.6 is 0 Å². The Morgan fingerprint density at radius 3 is 2.57 bits per heavy atom. The quantitative estimate of drug-likeness (QED) is 0.785. The van der Waals surface area contributed by atoms with Crippen LogP contribution in [0.5, 0.6) is 0 Å². The van der Waals surface area contributed by atoms with Gasteiger partial charge in [0, 0.05) is 24.8 Å². The van der Waals surface area contributed by atoms with Gasteiger partial charge in [-0.3, -0.25) is 24.1 Å². The fourth-order valence-electron chi connectivity index (χ4n) is 4.30. The largest absolute Gasteiger partial charge is 0.481 e. The lowest BCUT2D eigenvalue weighted by Crippen LogP contribution is -2.37. The van der Waals surface area contributed by atoms with E-state index in [1.165, 1.54) is 28.0 Å². The molecule has 1 N–H and O–H groups in total. The maximum atomic E-state index is 12.9. The lowest BCUT2D eigenvalue weighted by molar-refractivity contribution is -0.142. The second kappa shape index (κ2) is 7.01. The molecule has 3 amide bonds. The molecule has 3 aliphatic heterocycles. The molecular formula is C20H22N2O6. The number of hydrogen-bond donors (Lipinski definition) is 1. The summed E-state index contributed by atoms with van der Waals surface area (Å²) in [5.41, 5.74) is 0.796. The molecule has 28 heavy (non-hydrogen) atoms. The van der Waals surface area contributed by atoms with Gasteiger partial charge in [-0.25, -0.2) is 0 Å². The monoisotopic (exact) mass is 386 g/mol. The zero-order valence-corrected chi connectivity index (χ0v) is 15.6. The van der Waals surface area contributed by atoms with Crippen molar-refractivity contribution in [2.24, 2.45) is 5.92 Å². The molecule has 2 fully saturated rings. The highest BCUT2D eigenvalue weighted by molar-refractivity contribution is 6.22. The summed E-state index contributed by atoms with van der Waals surface area (Å²) in [6.45, 7) is 2.93. The molecule has 4 rings (SSSR count). The number of aliphatic carboxylic acids is 1. The van der Waals surface area contributed by atoms with Crippen LogP contribution in [0.25, 0.3) is 0 Å². The van der Waals surface area contributed by atoms with Crippen molar-refractivity contribution in [3.05, 3.63) is 34.9 Å². The summed E-state index contributed by atoms with van der Waals surface area (Å²) >= 11 is 0. The first-order chi connectivity index (χ1) is 13.4. The van der Waals surface area contributed by atoms with E-state index in [4.69, 9.17) is 4.74 Å². The molecule has 0 aromatic heterocycles. The number of carboxylic acids is 1. The molecule has 0 bridgehead atoms. The van der Waals surface area contributed by atoms with Gasteiger partial charge in [-0.1, -0.05) is 0 Å². The fourth-order valence-corrected chi connectivity index (χ4v) is 4.30. The van der Waals surface area contributed by atoms with E-state index in [0.717, 1.165) is 12.8 Å². The summed E-state index contributed by atoms with van der Waals surface area (Å²) in [6, 6.07) is 4.07. The Morgan fingerprint density at radius 2 is 1.93 bits per heavy atom. The molecule has 3 unspecified atom stereocenters. The number of fused-ring (bicyclic) bond motifs is 1. The lowest BCUT2D eigenvalue weighted by Gasteiger charge is -2.23. The molecule has 8 heteroatoms. The van der Waals surface area contributed by atoms with E-state index in [-0.39, 0.29) is 41.2 Å². The minimum atomic E-state index is -0.915. The van der Waals surface area contributed by atoms with Crippen molar-refractivity contribution in [2.75, 3.05) is 19.7 Å². The van der Waals surface area contributed by atoms with E-state index in [0.29, 0.717) is 19.6 Å². The smallest absolute Gasteiger partial charge is 0.308 e. The van der Waals surface area contributed by atoms with Gasteiger partial charge in [-0.05, 0) is 44.4 Å². The molecule has 148 valence electrons. The Kier molecular flexibility index (Phi) is 4.66. The van der Waals surface area contributed by atoms with Crippen molar-refractivity contribution in [3.8, 4) is 0 Å². The van der Waals surface area contributed by atoms with E-state index in [9.17, 15) is 24.3 Å². The van der Waals surface area contributed by atoms with E-state index in [1.54, 1.807) is 6.92 Å². The van der Waals surface area contributed by atoms with Crippen molar-refractivity contribution in [1.82, 2.24) is 9.80 Å². The maximum absolute atomic E-state index is 12.9. The zero-order valence-electron chi connectivity index (χ0n) is 15.6. The Balaban J connectivity index is 1.55. The predicted octanol–water partition coefficient (Wildman–Crippen LogP) is 1.40. The van der Waals surface area contributed by atoms with E-state index >= 15 is 0 Å². The van der Waals surface area contributed by atoms with Gasteiger partial charge in [-0.2, -0.15) is 0 Å². The number of nitrogens with zero attached hydrogens (tertiary/aromatic N) is 2. The molecule has 1 aromatic carbocycles. The molecule has 8 nitrogen and oxygen atoms in total. The number of benzene rings is 1. The van der Waals surface area contributed by atoms with Crippen LogP contribution in [-0.2, 0) is 9.53 Å². The molecule has 3 aliphatic rings. The Hall–Kier alpha value is -2.74. The van der Waals surface area contributed by atoms with E-state index in [2.05, 4.69) is 0 Å². The third-order valence-electron chi connectivity index (χ3n) is 5.96. The highest BCUT2D eigenvalue weighted by atomic mass is 16.5. The van der Waals surface area contributed by atoms with Crippen LogP contribution in [0.2, 0.25) is 0 Å². The number of likely N-dealkylation sites (tertiary alicyclic amines) is 1. The molecule has 2 saturated heterocycles. The van der Waals surface area contributed by atoms with Gasteiger partial charge < -0.3 is 14.7 Å². The first-order valence-electron chi connectivity index (χ1n) is 9.54. The van der Waals surface area contributed by atoms with Crippen LogP contribution in [-0.4, -0.2) is 70.4 Å². The van der Waals surface area contributed by atoms with Crippen molar-refractivity contribution in [3.63, 3.8) is 0 Å². The zero-order chi connectivity index (χ0) is 20.0. The van der Waals surface area contributed by atoms with Gasteiger partial charge in [0.05, 0.1) is 29.7 Å². The molecule has 0 saturated carbocycles. The van der Waals surface area contributed by atoms with Gasteiger partial charge in [-0.15, -0.1) is 0 Å². The number of ether oxygens (including phenoxy) is 1. The molecule has 0 spiro atoms. The molecule has 0 radical (unpaired) electrons. The van der Waals surface area contributed by atoms with Gasteiger partial charge in [0.2, 0.25) is 0 Å². The lowest BCUT2D eigenvalue weighted by atomic mass is 10.0. The highest BCUT2D eigenvalue weighted by Crippen LogP contribution is 2.29. The number of carbonyl (C=O) groups excluding carboxylic acids is 3. The maximum Gasteiger partial charge on any atom is 0.308 e.